The van der Waals surface area contributed by atoms with Gasteiger partial charge in [0.25, 0.3) is 0 Å². The van der Waals surface area contributed by atoms with Gasteiger partial charge in [0.05, 0.1) is 27.9 Å². The largest absolute Gasteiger partial charge is 0.493 e. The summed E-state index contributed by atoms with van der Waals surface area (Å²) in [5, 5.41) is 3.43. The predicted molar refractivity (Wildman–Crippen MR) is 70.2 cm³/mol. The molecule has 1 aromatic rings. The van der Waals surface area contributed by atoms with E-state index in [1.807, 2.05) is 0 Å². The lowest BCUT2D eigenvalue weighted by molar-refractivity contribution is 0.296. The lowest BCUT2D eigenvalue weighted by Gasteiger charge is -2.14. The van der Waals surface area contributed by atoms with E-state index >= 15 is 0 Å². The highest BCUT2D eigenvalue weighted by Gasteiger charge is 2.13. The molecule has 1 aromatic carbocycles. The minimum absolute atomic E-state index is 0.404. The molecule has 0 aliphatic rings. The fourth-order valence-corrected chi connectivity index (χ4v) is 1.51. The van der Waals surface area contributed by atoms with E-state index in [2.05, 4.69) is 10.0 Å². The number of hydrogen-bond acceptors (Lipinski definition) is 5. The first-order chi connectivity index (χ1) is 9.26. The number of rotatable bonds is 8. The van der Waals surface area contributed by atoms with E-state index in [0.717, 1.165) is 0 Å². The van der Waals surface area contributed by atoms with E-state index < -0.39 is 0 Å². The molecule has 0 fully saturated rings. The van der Waals surface area contributed by atoms with Crippen LogP contribution in [0.3, 0.4) is 0 Å². The van der Waals surface area contributed by atoms with Crippen molar-refractivity contribution in [2.45, 2.75) is 6.42 Å². The molecule has 0 aromatic heterocycles. The summed E-state index contributed by atoms with van der Waals surface area (Å²) in [5.41, 5.74) is 8.15. The van der Waals surface area contributed by atoms with Crippen LogP contribution in [0.1, 0.15) is 6.42 Å². The zero-order valence-corrected chi connectivity index (χ0v) is 11.3. The number of azide groups is 1. The lowest BCUT2D eigenvalue weighted by atomic mass is 10.2. The van der Waals surface area contributed by atoms with Crippen LogP contribution in [-0.2, 0) is 0 Å². The average Bonchev–Trinajstić information content (AvgIpc) is 2.45. The second-order valence-electron chi connectivity index (χ2n) is 3.52. The summed E-state index contributed by atoms with van der Waals surface area (Å²) < 4.78 is 21.2. The summed E-state index contributed by atoms with van der Waals surface area (Å²) in [7, 11) is 4.63. The first kappa shape index (κ1) is 14.8. The van der Waals surface area contributed by atoms with Crippen molar-refractivity contribution in [1.82, 2.24) is 0 Å². The number of benzene rings is 1. The second-order valence-corrected chi connectivity index (χ2v) is 3.52. The van der Waals surface area contributed by atoms with E-state index in [1.54, 1.807) is 33.5 Å². The molecule has 1 rings (SSSR count). The monoisotopic (exact) mass is 267 g/mol. The molecule has 7 nitrogen and oxygen atoms in total. The molecule has 0 aliphatic heterocycles. The zero-order chi connectivity index (χ0) is 14.1. The molecule has 0 saturated heterocycles. The number of hydrogen-bond donors (Lipinski definition) is 0. The van der Waals surface area contributed by atoms with Crippen LogP contribution in [0.5, 0.6) is 23.0 Å². The highest BCUT2D eigenvalue weighted by Crippen LogP contribution is 2.40. The molecular formula is C12H17N3O4. The smallest absolute Gasteiger partial charge is 0.203 e. The molecule has 104 valence electrons. The van der Waals surface area contributed by atoms with E-state index in [1.165, 1.54) is 0 Å². The highest BCUT2D eigenvalue weighted by molar-refractivity contribution is 5.55. The van der Waals surface area contributed by atoms with E-state index in [-0.39, 0.29) is 0 Å². The van der Waals surface area contributed by atoms with Crippen molar-refractivity contribution in [2.24, 2.45) is 5.11 Å². The molecule has 0 heterocycles. The van der Waals surface area contributed by atoms with Gasteiger partial charge in [-0.25, -0.2) is 0 Å². The molecule has 0 saturated carbocycles. The van der Waals surface area contributed by atoms with E-state index in [0.29, 0.717) is 42.6 Å². The Morgan fingerprint density at radius 2 is 1.74 bits per heavy atom. The zero-order valence-electron chi connectivity index (χ0n) is 11.3. The molecule has 0 bridgehead atoms. The van der Waals surface area contributed by atoms with Crippen LogP contribution in [0, 0.1) is 0 Å². The minimum Gasteiger partial charge on any atom is -0.493 e. The summed E-state index contributed by atoms with van der Waals surface area (Å²) in [6.07, 6.45) is 0.640. The normalized spacial score (nSPS) is 9.42. The molecule has 0 atom stereocenters. The van der Waals surface area contributed by atoms with Crippen molar-refractivity contribution in [1.29, 1.82) is 0 Å². The van der Waals surface area contributed by atoms with Gasteiger partial charge in [-0.2, -0.15) is 0 Å². The maximum absolute atomic E-state index is 8.15. The Morgan fingerprint density at radius 3 is 2.21 bits per heavy atom. The molecular weight excluding hydrogens is 250 g/mol. The quantitative estimate of drug-likeness (QED) is 0.313. The third-order valence-corrected chi connectivity index (χ3v) is 2.37. The van der Waals surface area contributed by atoms with Gasteiger partial charge in [0.2, 0.25) is 5.75 Å². The molecule has 0 spiro atoms. The average molecular weight is 267 g/mol. The topological polar surface area (TPSA) is 85.7 Å². The summed E-state index contributed by atoms with van der Waals surface area (Å²) in [6, 6.07) is 3.43. The molecule has 0 unspecified atom stereocenters. The first-order valence-electron chi connectivity index (χ1n) is 5.70. The summed E-state index contributed by atoms with van der Waals surface area (Å²) >= 11 is 0. The van der Waals surface area contributed by atoms with Gasteiger partial charge < -0.3 is 18.9 Å². The standard InChI is InChI=1S/C12H17N3O4/c1-16-10-7-9(19-6-4-5-14-15-13)8-11(17-2)12(10)18-3/h7-8H,4-6H2,1-3H3. The fourth-order valence-electron chi connectivity index (χ4n) is 1.51. The van der Waals surface area contributed by atoms with Crippen molar-refractivity contribution in [3.63, 3.8) is 0 Å². The number of methoxy groups -OCH3 is 3. The fraction of sp³-hybridized carbons (Fsp3) is 0.500. The molecule has 0 radical (unpaired) electrons. The van der Waals surface area contributed by atoms with E-state index in [9.17, 15) is 0 Å². The lowest BCUT2D eigenvalue weighted by Crippen LogP contribution is -2.01. The summed E-state index contributed by atoms with van der Waals surface area (Å²) in [6.45, 7) is 0.846. The Hall–Kier alpha value is -2.27. The Morgan fingerprint density at radius 1 is 1.11 bits per heavy atom. The van der Waals surface area contributed by atoms with Gasteiger partial charge in [0, 0.05) is 23.6 Å². The van der Waals surface area contributed by atoms with E-state index in [4.69, 9.17) is 24.5 Å². The van der Waals surface area contributed by atoms with Gasteiger partial charge in [0.15, 0.2) is 11.5 Å². The van der Waals surface area contributed by atoms with Crippen molar-refractivity contribution in [3.05, 3.63) is 22.6 Å². The van der Waals surface area contributed by atoms with Crippen LogP contribution in [0.4, 0.5) is 0 Å². The molecule has 0 amide bonds. The van der Waals surface area contributed by atoms with Gasteiger partial charge in [-0.15, -0.1) is 0 Å². The van der Waals surface area contributed by atoms with Crippen molar-refractivity contribution in [2.75, 3.05) is 34.5 Å². The van der Waals surface area contributed by atoms with Gasteiger partial charge in [-0.3, -0.25) is 0 Å². The van der Waals surface area contributed by atoms with Crippen LogP contribution in [-0.4, -0.2) is 34.5 Å². The Labute approximate surface area is 111 Å². The maximum atomic E-state index is 8.15. The molecule has 7 heteroatoms. The van der Waals surface area contributed by atoms with Gasteiger partial charge in [-0.1, -0.05) is 5.11 Å². The van der Waals surface area contributed by atoms with Gasteiger partial charge in [0.1, 0.15) is 5.75 Å². The maximum Gasteiger partial charge on any atom is 0.203 e. The SMILES string of the molecule is COc1cc(OCCCN=[N+]=[N-])cc(OC)c1OC. The van der Waals surface area contributed by atoms with Crippen molar-refractivity contribution >= 4 is 0 Å². The van der Waals surface area contributed by atoms with Crippen LogP contribution >= 0.6 is 0 Å². The minimum atomic E-state index is 0.404. The van der Waals surface area contributed by atoms with Crippen LogP contribution in [0.25, 0.3) is 10.4 Å². The Bertz CT molecular complexity index is 433. The summed E-state index contributed by atoms with van der Waals surface area (Å²) in [4.78, 5) is 2.67. The summed E-state index contributed by atoms with van der Waals surface area (Å²) in [5.74, 6) is 2.20. The number of nitrogens with zero attached hydrogens (tertiary/aromatic N) is 3. The third kappa shape index (κ3) is 4.15. The van der Waals surface area contributed by atoms with Crippen LogP contribution in [0.15, 0.2) is 17.2 Å². The Balaban J connectivity index is 2.75. The molecule has 19 heavy (non-hydrogen) atoms. The first-order valence-corrected chi connectivity index (χ1v) is 5.70. The second kappa shape index (κ2) is 7.94. The van der Waals surface area contributed by atoms with Crippen LogP contribution < -0.4 is 18.9 Å². The van der Waals surface area contributed by atoms with Gasteiger partial charge in [-0.05, 0) is 12.0 Å². The molecule has 0 aliphatic carbocycles. The van der Waals surface area contributed by atoms with Gasteiger partial charge >= 0.3 is 0 Å². The number of ether oxygens (including phenoxy) is 4. The van der Waals surface area contributed by atoms with Crippen molar-refractivity contribution in [3.8, 4) is 23.0 Å². The Kier molecular flexibility index (Phi) is 6.18. The predicted octanol–water partition coefficient (Wildman–Crippen LogP) is 2.79. The molecule has 0 N–H and O–H groups in total. The highest BCUT2D eigenvalue weighted by atomic mass is 16.5. The third-order valence-electron chi connectivity index (χ3n) is 2.37. The van der Waals surface area contributed by atoms with Crippen LogP contribution in [0.2, 0.25) is 0 Å². The van der Waals surface area contributed by atoms with Crippen molar-refractivity contribution < 1.29 is 18.9 Å².